The number of hydrogen-bond donors (Lipinski definition) is 1. The monoisotopic (exact) mass is 368 g/mol. The second-order valence-corrected chi connectivity index (χ2v) is 6.31. The van der Waals surface area contributed by atoms with Gasteiger partial charge in [0.1, 0.15) is 5.75 Å². The molecular weight excluding hydrogens is 348 g/mol. The summed E-state index contributed by atoms with van der Waals surface area (Å²) >= 11 is 0. The van der Waals surface area contributed by atoms with E-state index in [2.05, 4.69) is 5.32 Å². The third kappa shape index (κ3) is 4.25. The van der Waals surface area contributed by atoms with Crippen LogP contribution in [0.25, 0.3) is 0 Å². The summed E-state index contributed by atoms with van der Waals surface area (Å²) in [6.45, 7) is 0. The molecule has 7 heteroatoms. The normalized spacial score (nSPS) is 16.4. The molecule has 27 heavy (non-hydrogen) atoms. The van der Waals surface area contributed by atoms with E-state index in [-0.39, 0.29) is 12.3 Å². The molecule has 0 fully saturated rings. The molecule has 2 aromatic rings. The largest absolute Gasteiger partial charge is 0.478 e. The van der Waals surface area contributed by atoms with Gasteiger partial charge in [-0.25, -0.2) is 0 Å². The number of ether oxygens (including phenoxy) is 2. The molecule has 2 aromatic carbocycles. The molecule has 1 N–H and O–H groups in total. The van der Waals surface area contributed by atoms with E-state index in [1.54, 1.807) is 68.7 Å². The SMILES string of the molecule is CN(C)C(=O)[C@H](OC(=O)C[C@@H]1Oc2ccccc2NC1=O)c1ccccc1. The van der Waals surface area contributed by atoms with Crippen LogP contribution in [0, 0.1) is 0 Å². The summed E-state index contributed by atoms with van der Waals surface area (Å²) in [5.41, 5.74) is 1.11. The van der Waals surface area contributed by atoms with Crippen molar-refractivity contribution in [1.29, 1.82) is 0 Å². The lowest BCUT2D eigenvalue weighted by Gasteiger charge is -2.26. The van der Waals surface area contributed by atoms with E-state index < -0.39 is 24.1 Å². The van der Waals surface area contributed by atoms with Crippen molar-refractivity contribution in [3.8, 4) is 5.75 Å². The third-order valence-electron chi connectivity index (χ3n) is 4.08. The molecule has 0 radical (unpaired) electrons. The van der Waals surface area contributed by atoms with E-state index in [0.717, 1.165) is 0 Å². The molecule has 3 rings (SSSR count). The number of likely N-dealkylation sites (N-methyl/N-ethyl adjacent to an activating group) is 1. The summed E-state index contributed by atoms with van der Waals surface area (Å²) in [5.74, 6) is -1.01. The Morgan fingerprint density at radius 3 is 2.48 bits per heavy atom. The van der Waals surface area contributed by atoms with Crippen LogP contribution in [0.15, 0.2) is 54.6 Å². The topological polar surface area (TPSA) is 84.9 Å². The lowest BCUT2D eigenvalue weighted by molar-refractivity contribution is -0.161. The first-order chi connectivity index (χ1) is 13.0. The van der Waals surface area contributed by atoms with Gasteiger partial charge in [-0.05, 0) is 12.1 Å². The number of esters is 1. The first-order valence-corrected chi connectivity index (χ1v) is 8.48. The van der Waals surface area contributed by atoms with Crippen LogP contribution in [0.1, 0.15) is 18.1 Å². The molecule has 140 valence electrons. The van der Waals surface area contributed by atoms with Crippen molar-refractivity contribution in [2.45, 2.75) is 18.6 Å². The number of nitrogens with one attached hydrogen (secondary N) is 1. The molecule has 0 spiro atoms. The summed E-state index contributed by atoms with van der Waals surface area (Å²) in [5, 5.41) is 2.69. The fourth-order valence-corrected chi connectivity index (χ4v) is 2.68. The predicted octanol–water partition coefficient (Wildman–Crippen LogP) is 2.15. The molecule has 1 heterocycles. The number of amides is 2. The van der Waals surface area contributed by atoms with Crippen molar-refractivity contribution in [3.63, 3.8) is 0 Å². The van der Waals surface area contributed by atoms with Gasteiger partial charge in [0.2, 0.25) is 6.10 Å². The van der Waals surface area contributed by atoms with Crippen LogP contribution in [0.4, 0.5) is 5.69 Å². The van der Waals surface area contributed by atoms with Gasteiger partial charge in [0.05, 0.1) is 12.1 Å². The van der Waals surface area contributed by atoms with Crippen LogP contribution >= 0.6 is 0 Å². The Morgan fingerprint density at radius 2 is 1.78 bits per heavy atom. The van der Waals surface area contributed by atoms with Gasteiger partial charge in [-0.3, -0.25) is 14.4 Å². The van der Waals surface area contributed by atoms with Crippen LogP contribution < -0.4 is 10.1 Å². The second-order valence-electron chi connectivity index (χ2n) is 6.31. The molecule has 0 saturated carbocycles. The van der Waals surface area contributed by atoms with Gasteiger partial charge >= 0.3 is 5.97 Å². The Bertz CT molecular complexity index is 850. The fourth-order valence-electron chi connectivity index (χ4n) is 2.68. The standard InChI is InChI=1S/C20H20N2O5/c1-22(2)20(25)18(13-8-4-3-5-9-13)27-17(23)12-16-19(24)21-14-10-6-7-11-15(14)26-16/h3-11,16,18H,12H2,1-2H3,(H,21,24)/t16-,18+/m0/s1. The Hall–Kier alpha value is -3.35. The van der Waals surface area contributed by atoms with Crippen molar-refractivity contribution in [3.05, 3.63) is 60.2 Å². The summed E-state index contributed by atoms with van der Waals surface area (Å²) in [6.07, 6.45) is -2.39. The molecule has 0 saturated heterocycles. The van der Waals surface area contributed by atoms with Gasteiger partial charge < -0.3 is 19.7 Å². The minimum Gasteiger partial charge on any atom is -0.478 e. The summed E-state index contributed by atoms with van der Waals surface area (Å²) in [7, 11) is 3.17. The van der Waals surface area contributed by atoms with Crippen LogP contribution in [0.2, 0.25) is 0 Å². The van der Waals surface area contributed by atoms with Crippen molar-refractivity contribution in [2.75, 3.05) is 19.4 Å². The third-order valence-corrected chi connectivity index (χ3v) is 4.08. The first kappa shape index (κ1) is 18.4. The predicted molar refractivity (Wildman–Crippen MR) is 98.1 cm³/mol. The zero-order valence-corrected chi connectivity index (χ0v) is 15.0. The van der Waals surface area contributed by atoms with Crippen molar-refractivity contribution in [2.24, 2.45) is 0 Å². The van der Waals surface area contributed by atoms with Gasteiger partial charge in [0.25, 0.3) is 11.8 Å². The quantitative estimate of drug-likeness (QED) is 0.818. The van der Waals surface area contributed by atoms with E-state index in [9.17, 15) is 14.4 Å². The lowest BCUT2D eigenvalue weighted by atomic mass is 10.1. The molecule has 0 bridgehead atoms. The summed E-state index contributed by atoms with van der Waals surface area (Å²) in [6, 6.07) is 15.7. The van der Waals surface area contributed by atoms with Crippen molar-refractivity contribution in [1.82, 2.24) is 4.90 Å². The molecular formula is C20H20N2O5. The molecule has 0 aliphatic carbocycles. The van der Waals surface area contributed by atoms with Crippen molar-refractivity contribution >= 4 is 23.5 Å². The molecule has 1 aliphatic heterocycles. The van der Waals surface area contributed by atoms with Crippen molar-refractivity contribution < 1.29 is 23.9 Å². The minimum absolute atomic E-state index is 0.301. The van der Waals surface area contributed by atoms with E-state index in [4.69, 9.17) is 9.47 Å². The van der Waals surface area contributed by atoms with Crippen LogP contribution in [0.5, 0.6) is 5.75 Å². The number of carbonyl (C=O) groups is 3. The highest BCUT2D eigenvalue weighted by atomic mass is 16.6. The summed E-state index contributed by atoms with van der Waals surface area (Å²) in [4.78, 5) is 38.4. The fraction of sp³-hybridized carbons (Fsp3) is 0.250. The maximum Gasteiger partial charge on any atom is 0.311 e. The number of hydrogen-bond acceptors (Lipinski definition) is 5. The number of para-hydroxylation sites is 2. The molecule has 0 aromatic heterocycles. The number of benzene rings is 2. The smallest absolute Gasteiger partial charge is 0.311 e. The Balaban J connectivity index is 1.71. The molecule has 2 amide bonds. The first-order valence-electron chi connectivity index (χ1n) is 8.48. The molecule has 0 unspecified atom stereocenters. The molecule has 1 aliphatic rings. The van der Waals surface area contributed by atoms with E-state index in [1.165, 1.54) is 4.90 Å². The maximum atomic E-state index is 12.4. The summed E-state index contributed by atoms with van der Waals surface area (Å²) < 4.78 is 11.0. The van der Waals surface area contributed by atoms with Crippen LogP contribution in [-0.2, 0) is 19.1 Å². The highest BCUT2D eigenvalue weighted by molar-refractivity contribution is 5.99. The van der Waals surface area contributed by atoms with Gasteiger partial charge in [-0.1, -0.05) is 42.5 Å². The van der Waals surface area contributed by atoms with Gasteiger partial charge in [-0.15, -0.1) is 0 Å². The Labute approximate surface area is 156 Å². The molecule has 2 atom stereocenters. The number of anilines is 1. The highest BCUT2D eigenvalue weighted by Crippen LogP contribution is 2.30. The van der Waals surface area contributed by atoms with E-state index in [1.807, 2.05) is 0 Å². The number of fused-ring (bicyclic) bond motifs is 1. The number of carbonyl (C=O) groups excluding carboxylic acids is 3. The van der Waals surface area contributed by atoms with Crippen LogP contribution in [0.3, 0.4) is 0 Å². The number of nitrogens with zero attached hydrogens (tertiary/aromatic N) is 1. The highest BCUT2D eigenvalue weighted by Gasteiger charge is 2.33. The van der Waals surface area contributed by atoms with Gasteiger partial charge in [-0.2, -0.15) is 0 Å². The Kier molecular flexibility index (Phi) is 5.40. The van der Waals surface area contributed by atoms with E-state index in [0.29, 0.717) is 17.0 Å². The second kappa shape index (κ2) is 7.90. The Morgan fingerprint density at radius 1 is 1.11 bits per heavy atom. The molecule has 7 nitrogen and oxygen atoms in total. The maximum absolute atomic E-state index is 12.4. The minimum atomic E-state index is -1.08. The van der Waals surface area contributed by atoms with Gasteiger partial charge in [0, 0.05) is 19.7 Å². The number of rotatable bonds is 5. The van der Waals surface area contributed by atoms with Gasteiger partial charge in [0.15, 0.2) is 6.10 Å². The average Bonchev–Trinajstić information content (AvgIpc) is 2.66. The average molecular weight is 368 g/mol. The van der Waals surface area contributed by atoms with E-state index >= 15 is 0 Å². The lowest BCUT2D eigenvalue weighted by Crippen LogP contribution is -2.39. The zero-order chi connectivity index (χ0) is 19.4. The van der Waals surface area contributed by atoms with Crippen LogP contribution in [-0.4, -0.2) is 42.9 Å². The zero-order valence-electron chi connectivity index (χ0n) is 15.0.